The highest BCUT2D eigenvalue weighted by atomic mass is 16.6. The van der Waals surface area contributed by atoms with E-state index in [4.69, 9.17) is 26.2 Å². The molecule has 1 aromatic carbocycles. The molecule has 4 rings (SSSR count). The van der Waals surface area contributed by atoms with E-state index >= 15 is 0 Å². The van der Waals surface area contributed by atoms with Gasteiger partial charge in [0.25, 0.3) is 5.91 Å². The number of nitrogens with two attached hydrogens (primary N) is 2. The van der Waals surface area contributed by atoms with Gasteiger partial charge in [0.05, 0.1) is 13.3 Å². The van der Waals surface area contributed by atoms with Crippen molar-refractivity contribution in [1.82, 2.24) is 40.8 Å². The fraction of sp³-hybridized carbons (Fsp3) is 0.167. The lowest BCUT2D eigenvalue weighted by molar-refractivity contribution is -0.121. The summed E-state index contributed by atoms with van der Waals surface area (Å²) in [6.07, 6.45) is 1.39. The predicted octanol–water partition coefficient (Wildman–Crippen LogP) is -0.396. The van der Waals surface area contributed by atoms with Gasteiger partial charge in [-0.25, -0.2) is 24.3 Å². The highest BCUT2D eigenvalue weighted by Gasteiger charge is 2.24. The first-order chi connectivity index (χ1) is 17.0. The molecule has 0 atom stereocenters. The van der Waals surface area contributed by atoms with Crippen molar-refractivity contribution in [3.8, 4) is 40.6 Å². The first-order valence-corrected chi connectivity index (χ1v) is 9.61. The van der Waals surface area contributed by atoms with Crippen LogP contribution in [0.3, 0.4) is 0 Å². The van der Waals surface area contributed by atoms with Crippen LogP contribution in [0, 0.1) is 11.3 Å². The number of hydrogen-bond donors (Lipinski definition) is 3. The molecule has 1 amide bonds. The largest absolute Gasteiger partial charge is 0.493 e. The topological polar surface area (TPSA) is 244 Å². The lowest BCUT2D eigenvalue weighted by atomic mass is 10.2. The summed E-state index contributed by atoms with van der Waals surface area (Å²) in [5.41, 5.74) is 14.6. The lowest BCUT2D eigenvalue weighted by Crippen LogP contribution is -2.24. The van der Waals surface area contributed by atoms with Gasteiger partial charge in [0.15, 0.2) is 47.0 Å². The number of methoxy groups -OCH3 is 1. The van der Waals surface area contributed by atoms with Crippen LogP contribution in [0.25, 0.3) is 23.0 Å². The van der Waals surface area contributed by atoms with Crippen LogP contribution in [0.2, 0.25) is 0 Å². The van der Waals surface area contributed by atoms with Gasteiger partial charge in [0.1, 0.15) is 12.6 Å². The summed E-state index contributed by atoms with van der Waals surface area (Å²) in [7, 11) is 1.46. The van der Waals surface area contributed by atoms with E-state index in [2.05, 4.69) is 50.5 Å². The van der Waals surface area contributed by atoms with Gasteiger partial charge < -0.3 is 20.9 Å². The zero-order chi connectivity index (χ0) is 24.8. The molecule has 17 nitrogen and oxygen atoms in total. The van der Waals surface area contributed by atoms with E-state index < -0.39 is 5.91 Å². The van der Waals surface area contributed by atoms with Gasteiger partial charge in [0, 0.05) is 0 Å². The van der Waals surface area contributed by atoms with Crippen molar-refractivity contribution in [1.29, 1.82) is 5.26 Å². The van der Waals surface area contributed by atoms with Crippen molar-refractivity contribution in [3.63, 3.8) is 0 Å². The van der Waals surface area contributed by atoms with Crippen molar-refractivity contribution in [3.05, 3.63) is 23.8 Å². The molecule has 0 unspecified atom stereocenters. The molecule has 0 fully saturated rings. The van der Waals surface area contributed by atoms with Gasteiger partial charge in [-0.15, -0.1) is 5.10 Å². The predicted molar refractivity (Wildman–Crippen MR) is 115 cm³/mol. The number of benzene rings is 1. The van der Waals surface area contributed by atoms with Gasteiger partial charge in [-0.1, -0.05) is 0 Å². The maximum Gasteiger partial charge on any atom is 0.261 e. The zero-order valence-electron chi connectivity index (χ0n) is 17.9. The van der Waals surface area contributed by atoms with Crippen molar-refractivity contribution in [2.45, 2.75) is 6.54 Å². The number of nitrogens with one attached hydrogen (secondary N) is 1. The van der Waals surface area contributed by atoms with Crippen molar-refractivity contribution in [2.75, 3.05) is 25.2 Å². The minimum atomic E-state index is -0.554. The standard InChI is InChI=1S/C18H16N12O5/c1-32-11-6-9(2-3-10(11)33-5-4-19)7-22-24-12(31)8-30-18(14-16(21)29-35-27-14)23-17(25-30)13-15(20)28-34-26-13/h2-3,6-7H,5,8H2,1H3,(H2,20,28)(H2,21,29)(H,24,31)/b22-7+. The van der Waals surface area contributed by atoms with Crippen LogP contribution in [0.5, 0.6) is 11.5 Å². The molecule has 3 aromatic heterocycles. The third kappa shape index (κ3) is 4.95. The molecule has 0 radical (unpaired) electrons. The number of hydrogen-bond acceptors (Lipinski definition) is 15. The van der Waals surface area contributed by atoms with Crippen molar-refractivity contribution < 1.29 is 23.5 Å². The van der Waals surface area contributed by atoms with Gasteiger partial charge >= 0.3 is 0 Å². The van der Waals surface area contributed by atoms with Gasteiger partial charge in [-0.2, -0.15) is 10.4 Å². The Balaban J connectivity index is 1.50. The van der Waals surface area contributed by atoms with E-state index in [9.17, 15) is 4.79 Å². The molecule has 3 heterocycles. The first-order valence-electron chi connectivity index (χ1n) is 9.61. The highest BCUT2D eigenvalue weighted by molar-refractivity contribution is 5.83. The number of nitrogen functional groups attached to an aromatic ring is 2. The number of nitrogens with zero attached hydrogens (tertiary/aromatic N) is 9. The first kappa shape index (κ1) is 22.7. The van der Waals surface area contributed by atoms with Crippen molar-refractivity contribution >= 4 is 23.8 Å². The number of hydrazone groups is 1. The Morgan fingerprint density at radius 1 is 1.20 bits per heavy atom. The molecule has 0 aliphatic heterocycles. The van der Waals surface area contributed by atoms with Crippen LogP contribution in [-0.2, 0) is 11.3 Å². The molecule has 4 aromatic rings. The number of ether oxygens (including phenoxy) is 2. The minimum Gasteiger partial charge on any atom is -0.493 e. The molecule has 0 saturated heterocycles. The molecular weight excluding hydrogens is 464 g/mol. The van der Waals surface area contributed by atoms with E-state index in [1.54, 1.807) is 18.2 Å². The third-order valence-corrected chi connectivity index (χ3v) is 4.30. The second-order valence-electron chi connectivity index (χ2n) is 6.56. The molecule has 17 heteroatoms. The number of aromatic nitrogens is 7. The second kappa shape index (κ2) is 9.95. The Kier molecular flexibility index (Phi) is 6.44. The van der Waals surface area contributed by atoms with Crippen LogP contribution in [0.1, 0.15) is 5.56 Å². The van der Waals surface area contributed by atoms with E-state index in [1.807, 2.05) is 6.07 Å². The molecule has 5 N–H and O–H groups in total. The summed E-state index contributed by atoms with van der Waals surface area (Å²) in [5.74, 6) is 0.215. The quantitative estimate of drug-likeness (QED) is 0.204. The Morgan fingerprint density at radius 3 is 2.60 bits per heavy atom. The molecule has 178 valence electrons. The van der Waals surface area contributed by atoms with E-state index in [1.165, 1.54) is 18.0 Å². The normalized spacial score (nSPS) is 10.9. The Bertz CT molecular complexity index is 1420. The second-order valence-corrected chi connectivity index (χ2v) is 6.56. The monoisotopic (exact) mass is 480 g/mol. The van der Waals surface area contributed by atoms with Gasteiger partial charge in [-0.05, 0) is 44.4 Å². The van der Waals surface area contributed by atoms with Gasteiger partial charge in [-0.3, -0.25) is 4.79 Å². The molecule has 0 saturated carbocycles. The summed E-state index contributed by atoms with van der Waals surface area (Å²) < 4.78 is 20.9. The third-order valence-electron chi connectivity index (χ3n) is 4.30. The fourth-order valence-electron chi connectivity index (χ4n) is 2.77. The van der Waals surface area contributed by atoms with E-state index in [-0.39, 0.29) is 47.8 Å². The Morgan fingerprint density at radius 2 is 1.94 bits per heavy atom. The summed E-state index contributed by atoms with van der Waals surface area (Å²) in [6.45, 7) is -0.455. The maximum atomic E-state index is 12.5. The summed E-state index contributed by atoms with van der Waals surface area (Å²) in [6, 6.07) is 6.79. The van der Waals surface area contributed by atoms with Gasteiger partial charge in [0.2, 0.25) is 5.82 Å². The average Bonchev–Trinajstić information content (AvgIpc) is 3.57. The molecule has 0 aliphatic carbocycles. The molecule has 0 aliphatic rings. The molecule has 0 spiro atoms. The summed E-state index contributed by atoms with van der Waals surface area (Å²) in [5, 5.41) is 31.1. The van der Waals surface area contributed by atoms with Crippen LogP contribution in [0.15, 0.2) is 32.6 Å². The SMILES string of the molecule is COc1cc(/C=N/NC(=O)Cn2nc(-c3nonc3N)nc2-c2nonc2N)ccc1OCC#N. The Hall–Kier alpha value is -5.53. The average molecular weight is 480 g/mol. The lowest BCUT2D eigenvalue weighted by Gasteiger charge is -2.08. The van der Waals surface area contributed by atoms with E-state index in [0.717, 1.165) is 0 Å². The maximum absolute atomic E-state index is 12.5. The van der Waals surface area contributed by atoms with Crippen LogP contribution in [0.4, 0.5) is 11.6 Å². The number of carbonyl (C=O) groups excluding carboxylic acids is 1. The van der Waals surface area contributed by atoms with Crippen LogP contribution < -0.4 is 26.4 Å². The molecule has 0 bridgehead atoms. The summed E-state index contributed by atoms with van der Waals surface area (Å²) in [4.78, 5) is 16.8. The van der Waals surface area contributed by atoms with Crippen molar-refractivity contribution in [2.24, 2.45) is 5.10 Å². The van der Waals surface area contributed by atoms with Crippen LogP contribution >= 0.6 is 0 Å². The minimum absolute atomic E-state index is 0.0169. The number of anilines is 2. The number of rotatable bonds is 9. The number of nitriles is 1. The molecular formula is C18H16N12O5. The highest BCUT2D eigenvalue weighted by Crippen LogP contribution is 2.27. The summed E-state index contributed by atoms with van der Waals surface area (Å²) >= 11 is 0. The Labute approximate surface area is 195 Å². The fourth-order valence-corrected chi connectivity index (χ4v) is 2.77. The van der Waals surface area contributed by atoms with Crippen LogP contribution in [-0.4, -0.2) is 61.2 Å². The van der Waals surface area contributed by atoms with E-state index in [0.29, 0.717) is 17.1 Å². The molecule has 35 heavy (non-hydrogen) atoms. The number of carbonyl (C=O) groups is 1. The number of amides is 1. The zero-order valence-corrected chi connectivity index (χ0v) is 17.9. The smallest absolute Gasteiger partial charge is 0.261 e.